The first kappa shape index (κ1) is 37.8. The van der Waals surface area contributed by atoms with E-state index in [1.54, 1.807) is 6.08 Å². The van der Waals surface area contributed by atoms with Crippen molar-refractivity contribution in [2.24, 2.45) is 11.1 Å². The van der Waals surface area contributed by atoms with Crippen LogP contribution in [-0.4, -0.2) is 75.2 Å². The van der Waals surface area contributed by atoms with E-state index >= 15 is 0 Å². The normalized spacial score (nSPS) is 12.5. The number of hydrogen-bond donors (Lipinski definition) is 3. The van der Waals surface area contributed by atoms with E-state index in [0.717, 1.165) is 69.8 Å². The number of rotatable bonds is 23. The fourth-order valence-electron chi connectivity index (χ4n) is 4.28. The van der Waals surface area contributed by atoms with E-state index in [2.05, 4.69) is 73.8 Å². The minimum absolute atomic E-state index is 0.0505. The highest BCUT2D eigenvalue weighted by Crippen LogP contribution is 2.20. The number of anilines is 1. The van der Waals surface area contributed by atoms with Crippen molar-refractivity contribution in [2.45, 2.75) is 86.1 Å². The van der Waals surface area contributed by atoms with Crippen LogP contribution in [0.15, 0.2) is 48.9 Å². The van der Waals surface area contributed by atoms with Crippen molar-refractivity contribution < 1.29 is 19.1 Å². The largest absolute Gasteiger partial charge is 0.492 e. The molecular weight excluding hydrogens is 542 g/mol. The molecule has 0 fully saturated rings. The lowest BCUT2D eigenvalue weighted by Gasteiger charge is -2.28. The number of hydrogen-bond acceptors (Lipinski definition) is 7. The Bertz CT molecular complexity index is 959. The first-order valence-electron chi connectivity index (χ1n) is 16.0. The molecule has 1 rings (SSSR count). The van der Waals surface area contributed by atoms with E-state index in [9.17, 15) is 9.59 Å². The van der Waals surface area contributed by atoms with Gasteiger partial charge in [0.15, 0.2) is 0 Å². The number of benzene rings is 1. The molecule has 0 radical (unpaired) electrons. The van der Waals surface area contributed by atoms with Crippen LogP contribution < -0.4 is 26.0 Å². The van der Waals surface area contributed by atoms with E-state index in [1.807, 2.05) is 19.1 Å². The van der Waals surface area contributed by atoms with E-state index in [0.29, 0.717) is 38.4 Å². The first-order valence-corrected chi connectivity index (χ1v) is 16.0. The van der Waals surface area contributed by atoms with Crippen LogP contribution in [0.25, 0.3) is 0 Å². The summed E-state index contributed by atoms with van der Waals surface area (Å²) >= 11 is 0. The number of allylic oxidation sites excluding steroid dienone is 1. The lowest BCUT2D eigenvalue weighted by Crippen LogP contribution is -2.41. The Kier molecular flexibility index (Phi) is 18.9. The summed E-state index contributed by atoms with van der Waals surface area (Å²) in [6, 6.07) is 8.33. The fraction of sp³-hybridized carbons (Fsp3) is 0.647. The fourth-order valence-corrected chi connectivity index (χ4v) is 4.28. The van der Waals surface area contributed by atoms with Crippen molar-refractivity contribution in [3.05, 3.63) is 48.9 Å². The summed E-state index contributed by atoms with van der Waals surface area (Å²) in [5, 5.41) is 6.09. The third-order valence-corrected chi connectivity index (χ3v) is 7.65. The summed E-state index contributed by atoms with van der Waals surface area (Å²) in [6.07, 6.45) is 7.39. The molecule has 43 heavy (non-hydrogen) atoms. The summed E-state index contributed by atoms with van der Waals surface area (Å²) in [5.74, 6) is 1.61. The molecule has 4 N–H and O–H groups in total. The Labute approximate surface area is 261 Å². The number of carbonyl (C=O) groups excluding carboxylic acids is 2. The maximum atomic E-state index is 12.2. The van der Waals surface area contributed by atoms with Crippen LogP contribution in [-0.2, 0) is 14.3 Å². The summed E-state index contributed by atoms with van der Waals surface area (Å²) in [6.45, 7) is 22.3. The van der Waals surface area contributed by atoms with Crippen LogP contribution in [0.5, 0.6) is 5.75 Å². The summed E-state index contributed by atoms with van der Waals surface area (Å²) in [7, 11) is 0. The molecule has 244 valence electrons. The summed E-state index contributed by atoms with van der Waals surface area (Å²) < 4.78 is 11.6. The van der Waals surface area contributed by atoms with Gasteiger partial charge in [-0.25, -0.2) is 0 Å². The molecule has 1 aromatic rings. The first-order chi connectivity index (χ1) is 20.5. The van der Waals surface area contributed by atoms with Crippen molar-refractivity contribution >= 4 is 17.5 Å². The Morgan fingerprint density at radius 1 is 0.953 bits per heavy atom. The molecule has 0 heterocycles. The topological polar surface area (TPSA) is 109 Å². The quantitative estimate of drug-likeness (QED) is 0.0896. The molecule has 0 aliphatic rings. The standard InChI is InChI=1S/C34H59N5O4/c1-8-30(27-35)42-25-14-22-39(10-3)29-17-19-31(20-18-29)43-26-24-38(9-2)23-21-36-32(40)15-12-11-13-16-33(41)37-28(4)34(5,6)7/h8,17-20,27-28H,1,9-16,21-26,35H2,2-7H3,(H,36,40)(H,37,41)/b30-27+. The van der Waals surface area contributed by atoms with Crippen LogP contribution in [0.3, 0.4) is 0 Å². The van der Waals surface area contributed by atoms with Gasteiger partial charge in [-0.05, 0) is 75.4 Å². The molecule has 0 bridgehead atoms. The van der Waals surface area contributed by atoms with Crippen molar-refractivity contribution in [1.82, 2.24) is 15.5 Å². The van der Waals surface area contributed by atoms with Gasteiger partial charge < -0.3 is 30.7 Å². The van der Waals surface area contributed by atoms with Crippen LogP contribution in [0.4, 0.5) is 5.69 Å². The zero-order valence-corrected chi connectivity index (χ0v) is 27.8. The summed E-state index contributed by atoms with van der Waals surface area (Å²) in [5.41, 5.74) is 6.69. The molecule has 1 atom stereocenters. The van der Waals surface area contributed by atoms with Gasteiger partial charge in [0.05, 0.1) is 6.61 Å². The van der Waals surface area contributed by atoms with Gasteiger partial charge in [0.1, 0.15) is 18.1 Å². The van der Waals surface area contributed by atoms with E-state index in [-0.39, 0.29) is 23.3 Å². The molecular formula is C34H59N5O4. The summed E-state index contributed by atoms with van der Waals surface area (Å²) in [4.78, 5) is 28.9. The second kappa shape index (κ2) is 21.5. The number of carbonyl (C=O) groups is 2. The van der Waals surface area contributed by atoms with Crippen LogP contribution >= 0.6 is 0 Å². The average Bonchev–Trinajstić information content (AvgIpc) is 2.98. The molecule has 0 aliphatic carbocycles. The minimum Gasteiger partial charge on any atom is -0.492 e. The van der Waals surface area contributed by atoms with Crippen molar-refractivity contribution in [1.29, 1.82) is 0 Å². The third-order valence-electron chi connectivity index (χ3n) is 7.65. The molecule has 9 nitrogen and oxygen atoms in total. The number of amides is 2. The molecule has 0 saturated carbocycles. The van der Waals surface area contributed by atoms with Gasteiger partial charge in [-0.3, -0.25) is 14.5 Å². The van der Waals surface area contributed by atoms with Crippen molar-refractivity contribution in [2.75, 3.05) is 57.4 Å². The predicted molar refractivity (Wildman–Crippen MR) is 178 cm³/mol. The van der Waals surface area contributed by atoms with Gasteiger partial charge in [-0.15, -0.1) is 0 Å². The maximum Gasteiger partial charge on any atom is 0.220 e. The Hall–Kier alpha value is -3.20. The molecule has 1 aromatic carbocycles. The van der Waals surface area contributed by atoms with E-state index in [4.69, 9.17) is 15.2 Å². The molecule has 9 heteroatoms. The van der Waals surface area contributed by atoms with Gasteiger partial charge >= 0.3 is 0 Å². The lowest BCUT2D eigenvalue weighted by atomic mass is 9.88. The molecule has 0 saturated heterocycles. The van der Waals surface area contributed by atoms with Crippen LogP contribution in [0.1, 0.15) is 80.1 Å². The van der Waals surface area contributed by atoms with E-state index in [1.165, 1.54) is 6.20 Å². The highest BCUT2D eigenvalue weighted by molar-refractivity contribution is 5.76. The van der Waals surface area contributed by atoms with Gasteiger partial charge in [0.2, 0.25) is 11.8 Å². The van der Waals surface area contributed by atoms with Crippen LogP contribution in [0.2, 0.25) is 0 Å². The maximum absolute atomic E-state index is 12.2. The molecule has 0 aromatic heterocycles. The molecule has 2 amide bonds. The molecule has 0 spiro atoms. The number of nitrogens with two attached hydrogens (primary N) is 1. The monoisotopic (exact) mass is 601 g/mol. The number of likely N-dealkylation sites (N-methyl/N-ethyl adjacent to an activating group) is 1. The van der Waals surface area contributed by atoms with Gasteiger partial charge in [-0.1, -0.05) is 40.7 Å². The van der Waals surface area contributed by atoms with Gasteiger partial charge in [0.25, 0.3) is 0 Å². The second-order valence-electron chi connectivity index (χ2n) is 11.9. The smallest absolute Gasteiger partial charge is 0.220 e. The Balaban J connectivity index is 2.23. The van der Waals surface area contributed by atoms with Crippen molar-refractivity contribution in [3.8, 4) is 5.75 Å². The van der Waals surface area contributed by atoms with E-state index < -0.39 is 0 Å². The third kappa shape index (κ3) is 16.9. The zero-order valence-electron chi connectivity index (χ0n) is 27.8. The van der Waals surface area contributed by atoms with Gasteiger partial charge in [0, 0.05) is 63.5 Å². The van der Waals surface area contributed by atoms with Gasteiger partial charge in [-0.2, -0.15) is 0 Å². The highest BCUT2D eigenvalue weighted by Gasteiger charge is 2.21. The Morgan fingerprint density at radius 3 is 2.21 bits per heavy atom. The molecule has 0 aliphatic heterocycles. The number of unbranched alkanes of at least 4 members (excludes halogenated alkanes) is 2. The number of nitrogens with one attached hydrogen (secondary N) is 2. The zero-order chi connectivity index (χ0) is 32.1. The average molecular weight is 602 g/mol. The Morgan fingerprint density at radius 2 is 1.63 bits per heavy atom. The second-order valence-corrected chi connectivity index (χ2v) is 11.9. The van der Waals surface area contributed by atoms with Crippen LogP contribution in [0, 0.1) is 5.41 Å². The number of nitrogens with zero attached hydrogens (tertiary/aromatic N) is 2. The molecule has 1 unspecified atom stereocenters. The lowest BCUT2D eigenvalue weighted by molar-refractivity contribution is -0.122. The number of ether oxygens (including phenoxy) is 2. The predicted octanol–water partition coefficient (Wildman–Crippen LogP) is 5.22. The van der Waals surface area contributed by atoms with Crippen molar-refractivity contribution in [3.63, 3.8) is 0 Å². The highest BCUT2D eigenvalue weighted by atomic mass is 16.5. The SMILES string of the molecule is C=C/C(=C\N)OCCCN(CC)c1ccc(OCCN(CC)CCNC(=O)CCCCCC(=O)NC(C)C(C)(C)C)cc1. The minimum atomic E-state index is 0.0505.